The van der Waals surface area contributed by atoms with Crippen LogP contribution in [0.25, 0.3) is 0 Å². The van der Waals surface area contributed by atoms with Crippen molar-refractivity contribution in [3.63, 3.8) is 0 Å². The Hall–Kier alpha value is -1.35. The lowest BCUT2D eigenvalue weighted by molar-refractivity contribution is 0.203. The van der Waals surface area contributed by atoms with Gasteiger partial charge in [0.15, 0.2) is 0 Å². The molecule has 20 heavy (non-hydrogen) atoms. The second-order valence-electron chi connectivity index (χ2n) is 4.13. The van der Waals surface area contributed by atoms with Crippen LogP contribution >= 0.6 is 0 Å². The number of aliphatic hydroxyl groups excluding tert-OH is 1. The molecule has 0 aromatic heterocycles. The summed E-state index contributed by atoms with van der Waals surface area (Å²) >= 11 is 0. The van der Waals surface area contributed by atoms with Gasteiger partial charge < -0.3 is 20.5 Å². The van der Waals surface area contributed by atoms with Crippen molar-refractivity contribution in [2.45, 2.75) is 4.90 Å². The van der Waals surface area contributed by atoms with Crippen molar-refractivity contribution in [3.8, 4) is 0 Å². The number of nitrogens with two attached hydrogens (primary N) is 1. The average Bonchev–Trinajstić information content (AvgIpc) is 2.43. The fourth-order valence-corrected chi connectivity index (χ4v) is 2.55. The van der Waals surface area contributed by atoms with Crippen LogP contribution in [-0.4, -0.2) is 54.0 Å². The van der Waals surface area contributed by atoms with Crippen LogP contribution in [0.2, 0.25) is 0 Å². The van der Waals surface area contributed by atoms with Crippen molar-refractivity contribution in [1.29, 1.82) is 0 Å². The molecule has 114 valence electrons. The molecule has 0 heterocycles. The van der Waals surface area contributed by atoms with Gasteiger partial charge in [-0.1, -0.05) is 0 Å². The number of methoxy groups -OCH3 is 1. The number of nitrogen functional groups attached to an aromatic ring is 1. The molecule has 0 fully saturated rings. The first kappa shape index (κ1) is 16.7. The fourth-order valence-electron chi connectivity index (χ4n) is 1.78. The van der Waals surface area contributed by atoms with Crippen LogP contribution in [0.4, 0.5) is 11.4 Å². The standard InChI is InChI=1S/C12H21N3O4S/c1-14-20(17,18)10-3-4-12(11(13)9-10)15(5-7-16)6-8-19-2/h3-4,9,14,16H,5-8,13H2,1-2H3. The molecular weight excluding hydrogens is 282 g/mol. The molecule has 0 amide bonds. The minimum Gasteiger partial charge on any atom is -0.397 e. The van der Waals surface area contributed by atoms with Crippen LogP contribution in [0.15, 0.2) is 23.1 Å². The molecule has 0 aliphatic carbocycles. The normalized spacial score (nSPS) is 11.6. The maximum Gasteiger partial charge on any atom is 0.240 e. The zero-order chi connectivity index (χ0) is 15.2. The molecular formula is C12H21N3O4S. The van der Waals surface area contributed by atoms with Crippen LogP contribution in [0.1, 0.15) is 0 Å². The number of rotatable bonds is 8. The maximum atomic E-state index is 11.7. The lowest BCUT2D eigenvalue weighted by atomic mass is 10.2. The third-order valence-corrected chi connectivity index (χ3v) is 4.27. The monoisotopic (exact) mass is 303 g/mol. The summed E-state index contributed by atoms with van der Waals surface area (Å²) in [5, 5.41) is 9.08. The maximum absolute atomic E-state index is 11.7. The molecule has 7 nitrogen and oxygen atoms in total. The predicted molar refractivity (Wildman–Crippen MR) is 78.3 cm³/mol. The number of nitrogens with zero attached hydrogens (tertiary/aromatic N) is 1. The molecule has 1 rings (SSSR count). The molecule has 0 unspecified atom stereocenters. The van der Waals surface area contributed by atoms with Gasteiger partial charge in [0.25, 0.3) is 0 Å². The van der Waals surface area contributed by atoms with E-state index in [1.54, 1.807) is 13.2 Å². The van der Waals surface area contributed by atoms with E-state index in [0.717, 1.165) is 0 Å². The minimum absolute atomic E-state index is 0.0281. The van der Waals surface area contributed by atoms with Crippen molar-refractivity contribution in [2.75, 3.05) is 51.1 Å². The molecule has 0 bridgehead atoms. The summed E-state index contributed by atoms with van der Waals surface area (Å²) in [5.74, 6) is 0. The number of nitrogens with one attached hydrogen (secondary N) is 1. The smallest absolute Gasteiger partial charge is 0.240 e. The number of benzene rings is 1. The van der Waals surface area contributed by atoms with Crippen molar-refractivity contribution in [3.05, 3.63) is 18.2 Å². The van der Waals surface area contributed by atoms with Crippen molar-refractivity contribution in [2.24, 2.45) is 0 Å². The van der Waals surface area contributed by atoms with E-state index in [1.807, 2.05) is 4.90 Å². The largest absolute Gasteiger partial charge is 0.397 e. The van der Waals surface area contributed by atoms with E-state index in [1.165, 1.54) is 19.2 Å². The lowest BCUT2D eigenvalue weighted by Crippen LogP contribution is -2.31. The highest BCUT2D eigenvalue weighted by molar-refractivity contribution is 7.89. The minimum atomic E-state index is -3.51. The average molecular weight is 303 g/mol. The Morgan fingerprint density at radius 2 is 2.10 bits per heavy atom. The highest BCUT2D eigenvalue weighted by atomic mass is 32.2. The number of ether oxygens (including phenoxy) is 1. The Morgan fingerprint density at radius 1 is 1.40 bits per heavy atom. The summed E-state index contributed by atoms with van der Waals surface area (Å²) in [5.41, 5.74) is 6.93. The van der Waals surface area contributed by atoms with E-state index in [9.17, 15) is 8.42 Å². The molecule has 1 aromatic rings. The summed E-state index contributed by atoms with van der Waals surface area (Å²) in [6.45, 7) is 1.40. The number of aliphatic hydroxyl groups is 1. The van der Waals surface area contributed by atoms with Gasteiger partial charge in [0.05, 0.1) is 29.5 Å². The summed E-state index contributed by atoms with van der Waals surface area (Å²) < 4.78 is 30.6. The first-order valence-corrected chi connectivity index (χ1v) is 7.62. The highest BCUT2D eigenvalue weighted by Gasteiger charge is 2.15. The molecule has 0 aliphatic rings. The van der Waals surface area contributed by atoms with E-state index in [2.05, 4.69) is 4.72 Å². The number of sulfonamides is 1. The molecule has 0 saturated heterocycles. The zero-order valence-electron chi connectivity index (χ0n) is 11.7. The van der Waals surface area contributed by atoms with Gasteiger partial charge in [0.2, 0.25) is 10.0 Å². The van der Waals surface area contributed by atoms with Gasteiger partial charge in [-0.3, -0.25) is 0 Å². The first-order chi connectivity index (χ1) is 9.46. The van der Waals surface area contributed by atoms with Crippen LogP contribution in [0.5, 0.6) is 0 Å². The Morgan fingerprint density at radius 3 is 2.60 bits per heavy atom. The van der Waals surface area contributed by atoms with Gasteiger partial charge in [0, 0.05) is 20.2 Å². The van der Waals surface area contributed by atoms with Gasteiger partial charge >= 0.3 is 0 Å². The summed E-state index contributed by atoms with van der Waals surface area (Å²) in [7, 11) is -0.585. The van der Waals surface area contributed by atoms with E-state index in [0.29, 0.717) is 31.1 Å². The molecule has 0 radical (unpaired) electrons. The second-order valence-corrected chi connectivity index (χ2v) is 6.02. The first-order valence-electron chi connectivity index (χ1n) is 6.14. The van der Waals surface area contributed by atoms with E-state index >= 15 is 0 Å². The van der Waals surface area contributed by atoms with Crippen molar-refractivity contribution in [1.82, 2.24) is 4.72 Å². The number of hydrogen-bond acceptors (Lipinski definition) is 6. The van der Waals surface area contributed by atoms with Crippen LogP contribution in [0, 0.1) is 0 Å². The molecule has 0 atom stereocenters. The third-order valence-electron chi connectivity index (χ3n) is 2.85. The summed E-state index contributed by atoms with van der Waals surface area (Å²) in [4.78, 5) is 1.95. The molecule has 1 aromatic carbocycles. The summed E-state index contributed by atoms with van der Waals surface area (Å²) in [6.07, 6.45) is 0. The second kappa shape index (κ2) is 7.44. The quantitative estimate of drug-likeness (QED) is 0.566. The predicted octanol–water partition coefficient (Wildman–Crippen LogP) is -0.378. The molecule has 0 aliphatic heterocycles. The van der Waals surface area contributed by atoms with Gasteiger partial charge in [-0.15, -0.1) is 0 Å². The Kier molecular flexibility index (Phi) is 6.21. The number of hydrogen-bond donors (Lipinski definition) is 3. The molecule has 0 saturated carbocycles. The zero-order valence-corrected chi connectivity index (χ0v) is 12.5. The SMILES string of the molecule is CNS(=O)(=O)c1ccc(N(CCO)CCOC)c(N)c1. The van der Waals surface area contributed by atoms with Crippen molar-refractivity contribution >= 4 is 21.4 Å². The van der Waals surface area contributed by atoms with Gasteiger partial charge in [0.1, 0.15) is 0 Å². The molecule has 4 N–H and O–H groups in total. The molecule has 8 heteroatoms. The third kappa shape index (κ3) is 4.07. The number of anilines is 2. The van der Waals surface area contributed by atoms with Gasteiger partial charge in [-0.2, -0.15) is 0 Å². The highest BCUT2D eigenvalue weighted by Crippen LogP contribution is 2.26. The molecule has 0 spiro atoms. The fraction of sp³-hybridized carbons (Fsp3) is 0.500. The van der Waals surface area contributed by atoms with Crippen molar-refractivity contribution < 1.29 is 18.3 Å². The Bertz CT molecular complexity index is 534. The van der Waals surface area contributed by atoms with E-state index < -0.39 is 10.0 Å². The van der Waals surface area contributed by atoms with E-state index in [-0.39, 0.29) is 11.5 Å². The van der Waals surface area contributed by atoms with Crippen LogP contribution in [-0.2, 0) is 14.8 Å². The van der Waals surface area contributed by atoms with E-state index in [4.69, 9.17) is 15.6 Å². The Balaban J connectivity index is 3.06. The van der Waals surface area contributed by atoms with Crippen LogP contribution in [0.3, 0.4) is 0 Å². The van der Waals surface area contributed by atoms with Gasteiger partial charge in [-0.05, 0) is 25.2 Å². The summed E-state index contributed by atoms with van der Waals surface area (Å²) in [6, 6.07) is 4.51. The topological polar surface area (TPSA) is 105 Å². The Labute approximate surface area is 119 Å². The van der Waals surface area contributed by atoms with Gasteiger partial charge in [-0.25, -0.2) is 13.1 Å². The lowest BCUT2D eigenvalue weighted by Gasteiger charge is -2.25. The van der Waals surface area contributed by atoms with Crippen LogP contribution < -0.4 is 15.4 Å².